The number of aryl methyl sites for hydroxylation is 1. The molecule has 3 nitrogen and oxygen atoms in total. The number of rotatable bonds is 7. The molecule has 1 aromatic rings. The smallest absolute Gasteiger partial charge is 0.248 e. The lowest BCUT2D eigenvalue weighted by atomic mass is 10.1. The van der Waals surface area contributed by atoms with E-state index in [1.165, 1.54) is 31.2 Å². The summed E-state index contributed by atoms with van der Waals surface area (Å²) < 4.78 is 11.1. The van der Waals surface area contributed by atoms with Gasteiger partial charge >= 0.3 is 0 Å². The van der Waals surface area contributed by atoms with Crippen LogP contribution >= 0.6 is 0 Å². The van der Waals surface area contributed by atoms with Gasteiger partial charge in [0.25, 0.3) is 0 Å². The Hall–Kier alpha value is -1.51. The van der Waals surface area contributed by atoms with Crippen molar-refractivity contribution < 1.29 is 14.3 Å². The molecule has 2 rings (SSSR count). The number of hydrogen-bond donors (Lipinski definition) is 0. The van der Waals surface area contributed by atoms with Crippen molar-refractivity contribution in [2.24, 2.45) is 0 Å². The van der Waals surface area contributed by atoms with Crippen molar-refractivity contribution in [1.82, 2.24) is 0 Å². The Morgan fingerprint density at radius 3 is 2.78 bits per heavy atom. The van der Waals surface area contributed by atoms with Gasteiger partial charge in [-0.2, -0.15) is 0 Å². The molecule has 1 aliphatic heterocycles. The Kier molecular flexibility index (Phi) is 4.62. The highest BCUT2D eigenvalue weighted by atomic mass is 16.7. The molecule has 1 heterocycles. The molecule has 0 saturated carbocycles. The van der Waals surface area contributed by atoms with Gasteiger partial charge < -0.3 is 14.3 Å². The third-order valence-corrected chi connectivity index (χ3v) is 3.13. The lowest BCUT2D eigenvalue weighted by Gasteiger charge is -2.04. The van der Waals surface area contributed by atoms with Crippen molar-refractivity contribution in [3.05, 3.63) is 23.8 Å². The topological polar surface area (TPSA) is 35.5 Å². The van der Waals surface area contributed by atoms with Gasteiger partial charge in [-0.25, -0.2) is 0 Å². The number of hydrogen-bond acceptors (Lipinski definition) is 3. The zero-order valence-electron chi connectivity index (χ0n) is 10.9. The summed E-state index contributed by atoms with van der Waals surface area (Å²) in [5, 5.41) is 0. The minimum absolute atomic E-state index is 0.278. The fourth-order valence-corrected chi connectivity index (χ4v) is 2.14. The molecule has 0 aliphatic carbocycles. The first kappa shape index (κ1) is 12.9. The molecule has 98 valence electrons. The van der Waals surface area contributed by atoms with Crippen LogP contribution in [0.25, 0.3) is 0 Å². The number of carbonyl (C=O) groups is 1. The Bertz CT molecular complexity index is 401. The molecule has 1 unspecified atom stereocenters. The summed E-state index contributed by atoms with van der Waals surface area (Å²) in [6, 6.07) is 6.05. The van der Waals surface area contributed by atoms with Crippen molar-refractivity contribution in [3.63, 3.8) is 0 Å². The fourth-order valence-electron chi connectivity index (χ4n) is 2.14. The van der Waals surface area contributed by atoms with Gasteiger partial charge in [-0.1, -0.05) is 32.3 Å². The van der Waals surface area contributed by atoms with Crippen molar-refractivity contribution in [1.29, 1.82) is 0 Å². The van der Waals surface area contributed by atoms with Crippen LogP contribution in [0.1, 0.15) is 44.6 Å². The van der Waals surface area contributed by atoms with Gasteiger partial charge in [-0.05, 0) is 30.5 Å². The molecule has 0 fully saturated rings. The highest BCUT2D eigenvalue weighted by Crippen LogP contribution is 2.36. The molecule has 0 bridgehead atoms. The summed E-state index contributed by atoms with van der Waals surface area (Å²) >= 11 is 0. The fraction of sp³-hybridized carbons (Fsp3) is 0.533. The third-order valence-electron chi connectivity index (χ3n) is 3.13. The highest BCUT2D eigenvalue weighted by molar-refractivity contribution is 5.52. The van der Waals surface area contributed by atoms with Crippen molar-refractivity contribution >= 4 is 6.29 Å². The summed E-state index contributed by atoms with van der Waals surface area (Å²) in [6.07, 6.45) is 6.79. The lowest BCUT2D eigenvalue weighted by Crippen LogP contribution is -2.17. The van der Waals surface area contributed by atoms with Crippen molar-refractivity contribution in [3.8, 4) is 11.5 Å². The second kappa shape index (κ2) is 6.43. The number of carbonyl (C=O) groups excluding carboxylic acids is 1. The van der Waals surface area contributed by atoms with Crippen molar-refractivity contribution in [2.75, 3.05) is 0 Å². The van der Waals surface area contributed by atoms with E-state index in [1.54, 1.807) is 0 Å². The van der Waals surface area contributed by atoms with Crippen LogP contribution in [-0.4, -0.2) is 12.6 Å². The van der Waals surface area contributed by atoms with E-state index >= 15 is 0 Å². The maximum Gasteiger partial charge on any atom is 0.248 e. The molecule has 18 heavy (non-hydrogen) atoms. The van der Waals surface area contributed by atoms with Gasteiger partial charge in [0.15, 0.2) is 11.5 Å². The van der Waals surface area contributed by atoms with E-state index in [4.69, 9.17) is 9.47 Å². The average molecular weight is 248 g/mol. The number of aldehydes is 1. The zero-order chi connectivity index (χ0) is 12.8. The second-order valence-electron chi connectivity index (χ2n) is 4.66. The van der Waals surface area contributed by atoms with Crippen molar-refractivity contribution in [2.45, 2.75) is 51.7 Å². The minimum Gasteiger partial charge on any atom is -0.451 e. The van der Waals surface area contributed by atoms with E-state index in [0.717, 1.165) is 24.2 Å². The number of fused-ring (bicyclic) bond motifs is 1. The van der Waals surface area contributed by atoms with E-state index in [-0.39, 0.29) is 6.42 Å². The maximum absolute atomic E-state index is 10.4. The van der Waals surface area contributed by atoms with E-state index in [0.29, 0.717) is 0 Å². The van der Waals surface area contributed by atoms with Crippen LogP contribution in [0.5, 0.6) is 11.5 Å². The number of benzene rings is 1. The van der Waals surface area contributed by atoms with E-state index in [1.807, 2.05) is 12.1 Å². The summed E-state index contributed by atoms with van der Waals surface area (Å²) in [4.78, 5) is 10.4. The SMILES string of the molecule is CCCCCCc1ccc2c(c1)OC(CC=O)O2. The predicted molar refractivity (Wildman–Crippen MR) is 70.0 cm³/mol. The first-order chi connectivity index (χ1) is 8.83. The standard InChI is InChI=1S/C15H20O3/c1-2-3-4-5-6-12-7-8-13-14(11-12)18-15(17-13)9-10-16/h7-8,10-11,15H,2-6,9H2,1H3. The molecular formula is C15H20O3. The van der Waals surface area contributed by atoms with E-state index in [9.17, 15) is 4.79 Å². The number of unbranched alkanes of at least 4 members (excludes halogenated alkanes) is 3. The zero-order valence-corrected chi connectivity index (χ0v) is 10.9. The lowest BCUT2D eigenvalue weighted by molar-refractivity contribution is -0.111. The molecule has 0 spiro atoms. The van der Waals surface area contributed by atoms with Gasteiger partial charge in [0.1, 0.15) is 6.29 Å². The Balaban J connectivity index is 1.89. The summed E-state index contributed by atoms with van der Waals surface area (Å²) in [7, 11) is 0. The maximum atomic E-state index is 10.4. The van der Waals surface area contributed by atoms with Gasteiger partial charge in [0.05, 0.1) is 6.42 Å². The molecule has 1 atom stereocenters. The molecule has 3 heteroatoms. The summed E-state index contributed by atoms with van der Waals surface area (Å²) in [6.45, 7) is 2.22. The average Bonchev–Trinajstić information content (AvgIpc) is 2.76. The number of ether oxygens (including phenoxy) is 2. The second-order valence-corrected chi connectivity index (χ2v) is 4.66. The molecule has 0 saturated heterocycles. The van der Waals surface area contributed by atoms with Gasteiger partial charge in [0, 0.05) is 0 Å². The summed E-state index contributed by atoms with van der Waals surface area (Å²) in [5.41, 5.74) is 1.28. The molecule has 0 N–H and O–H groups in total. The molecule has 0 aromatic heterocycles. The van der Waals surface area contributed by atoms with Gasteiger partial charge in [-0.3, -0.25) is 0 Å². The quantitative estimate of drug-likeness (QED) is 0.547. The van der Waals surface area contributed by atoms with E-state index in [2.05, 4.69) is 13.0 Å². The van der Waals surface area contributed by atoms with Crippen LogP contribution in [0.15, 0.2) is 18.2 Å². The van der Waals surface area contributed by atoms with Crippen LogP contribution in [0.4, 0.5) is 0 Å². The van der Waals surface area contributed by atoms with Gasteiger partial charge in [0.2, 0.25) is 6.29 Å². The van der Waals surface area contributed by atoms with Gasteiger partial charge in [-0.15, -0.1) is 0 Å². The highest BCUT2D eigenvalue weighted by Gasteiger charge is 2.23. The minimum atomic E-state index is -0.437. The molecule has 1 aliphatic rings. The first-order valence-electron chi connectivity index (χ1n) is 6.73. The molecule has 0 radical (unpaired) electrons. The Morgan fingerprint density at radius 1 is 1.17 bits per heavy atom. The molecule has 0 amide bonds. The Labute approximate surface area is 108 Å². The first-order valence-corrected chi connectivity index (χ1v) is 6.73. The molecular weight excluding hydrogens is 228 g/mol. The third kappa shape index (κ3) is 3.25. The van der Waals surface area contributed by atoms with Crippen LogP contribution in [0, 0.1) is 0 Å². The van der Waals surface area contributed by atoms with Crippen LogP contribution in [-0.2, 0) is 11.2 Å². The Morgan fingerprint density at radius 2 is 2.00 bits per heavy atom. The van der Waals surface area contributed by atoms with Crippen LogP contribution < -0.4 is 9.47 Å². The molecule has 1 aromatic carbocycles. The van der Waals surface area contributed by atoms with E-state index < -0.39 is 6.29 Å². The largest absolute Gasteiger partial charge is 0.451 e. The normalized spacial score (nSPS) is 16.8. The predicted octanol–water partition coefficient (Wildman–Crippen LogP) is 3.50. The van der Waals surface area contributed by atoms with Crippen LogP contribution in [0.2, 0.25) is 0 Å². The van der Waals surface area contributed by atoms with Crippen LogP contribution in [0.3, 0.4) is 0 Å². The monoisotopic (exact) mass is 248 g/mol. The summed E-state index contributed by atoms with van der Waals surface area (Å²) in [5.74, 6) is 1.52.